The van der Waals surface area contributed by atoms with Gasteiger partial charge in [0, 0.05) is 18.3 Å². The number of nitrogens with zero attached hydrogens (tertiary/aromatic N) is 2. The Morgan fingerprint density at radius 1 is 1.37 bits per heavy atom. The molecule has 1 heterocycles. The molecule has 3 rings (SSSR count). The van der Waals surface area contributed by atoms with Gasteiger partial charge < -0.3 is 10.2 Å². The molecule has 0 spiro atoms. The minimum Gasteiger partial charge on any atom is -0.367 e. The van der Waals surface area contributed by atoms with E-state index in [0.29, 0.717) is 30.3 Å². The molecule has 1 aliphatic carbocycles. The van der Waals surface area contributed by atoms with Crippen LogP contribution in [0.5, 0.6) is 0 Å². The number of nitrogens with one attached hydrogen (secondary N) is 1. The highest BCUT2D eigenvalue weighted by atomic mass is 16.2. The number of anilines is 2. The first-order valence-electron chi connectivity index (χ1n) is 6.34. The van der Waals surface area contributed by atoms with E-state index in [1.807, 2.05) is 12.1 Å². The summed E-state index contributed by atoms with van der Waals surface area (Å²) < 4.78 is 0. The second kappa shape index (κ2) is 4.39. The number of ketones is 1. The fourth-order valence-electron chi connectivity index (χ4n) is 2.39. The number of rotatable bonds is 4. The van der Waals surface area contributed by atoms with Gasteiger partial charge in [-0.2, -0.15) is 5.26 Å². The lowest BCUT2D eigenvalue weighted by molar-refractivity contribution is -0.112. The van der Waals surface area contributed by atoms with Crippen LogP contribution in [0.15, 0.2) is 18.2 Å². The highest BCUT2D eigenvalue weighted by Crippen LogP contribution is 2.35. The number of hydrogen-bond donors (Lipinski definition) is 1. The summed E-state index contributed by atoms with van der Waals surface area (Å²) in [6, 6.07) is 8.01. The van der Waals surface area contributed by atoms with Crippen molar-refractivity contribution in [3.8, 4) is 6.07 Å². The van der Waals surface area contributed by atoms with Gasteiger partial charge in [0.1, 0.15) is 0 Å². The standard InChI is InChI=1S/C14H13N3O2/c15-6-1-7-17(9-2-3-9)10-4-5-11-12(8-10)16-14(19)13(11)18/h4-5,8-9H,1-3,7H2,(H,16,18,19). The molecule has 0 saturated heterocycles. The lowest BCUT2D eigenvalue weighted by Crippen LogP contribution is -2.26. The molecule has 0 bridgehead atoms. The lowest BCUT2D eigenvalue weighted by Gasteiger charge is -2.24. The van der Waals surface area contributed by atoms with Gasteiger partial charge in [0.15, 0.2) is 0 Å². The van der Waals surface area contributed by atoms with Crippen LogP contribution in [0.3, 0.4) is 0 Å². The first-order chi connectivity index (χ1) is 9.20. The van der Waals surface area contributed by atoms with Gasteiger partial charge in [0.05, 0.1) is 23.7 Å². The van der Waals surface area contributed by atoms with E-state index in [0.717, 1.165) is 18.5 Å². The maximum Gasteiger partial charge on any atom is 0.296 e. The van der Waals surface area contributed by atoms with Gasteiger partial charge in [0.25, 0.3) is 11.7 Å². The van der Waals surface area contributed by atoms with E-state index in [1.165, 1.54) is 0 Å². The SMILES string of the molecule is N#CCCN(c1ccc2c(c1)NC(=O)C2=O)C1CC1. The van der Waals surface area contributed by atoms with Crippen LogP contribution < -0.4 is 10.2 Å². The van der Waals surface area contributed by atoms with E-state index < -0.39 is 11.7 Å². The van der Waals surface area contributed by atoms with Crippen molar-refractivity contribution < 1.29 is 9.59 Å². The van der Waals surface area contributed by atoms with E-state index in [4.69, 9.17) is 5.26 Å². The summed E-state index contributed by atoms with van der Waals surface area (Å²) in [6.45, 7) is 0.682. The van der Waals surface area contributed by atoms with E-state index in [9.17, 15) is 9.59 Å². The summed E-state index contributed by atoms with van der Waals surface area (Å²) in [5.41, 5.74) is 1.98. The first kappa shape index (κ1) is 11.7. The van der Waals surface area contributed by atoms with Crippen LogP contribution in [-0.2, 0) is 4.79 Å². The van der Waals surface area contributed by atoms with E-state index in [1.54, 1.807) is 6.07 Å². The third kappa shape index (κ3) is 2.06. The Kier molecular flexibility index (Phi) is 2.71. The molecule has 1 saturated carbocycles. The van der Waals surface area contributed by atoms with Crippen LogP contribution in [0.1, 0.15) is 29.6 Å². The topological polar surface area (TPSA) is 73.2 Å². The van der Waals surface area contributed by atoms with Gasteiger partial charge in [-0.1, -0.05) is 0 Å². The van der Waals surface area contributed by atoms with Crippen LogP contribution in [0.4, 0.5) is 11.4 Å². The minimum atomic E-state index is -0.567. The van der Waals surface area contributed by atoms with Crippen molar-refractivity contribution in [3.05, 3.63) is 23.8 Å². The lowest BCUT2D eigenvalue weighted by atomic mass is 10.1. The van der Waals surface area contributed by atoms with Gasteiger partial charge in [0.2, 0.25) is 0 Å². The number of fused-ring (bicyclic) bond motifs is 1. The molecule has 1 N–H and O–H groups in total. The van der Waals surface area contributed by atoms with Gasteiger partial charge >= 0.3 is 0 Å². The molecular weight excluding hydrogens is 242 g/mol. The molecule has 1 aromatic rings. The molecule has 1 aliphatic heterocycles. The van der Waals surface area contributed by atoms with Gasteiger partial charge in [-0.25, -0.2) is 0 Å². The average molecular weight is 255 g/mol. The largest absolute Gasteiger partial charge is 0.367 e. The summed E-state index contributed by atoms with van der Waals surface area (Å²) in [4.78, 5) is 25.0. The third-order valence-electron chi connectivity index (χ3n) is 3.49. The molecule has 1 amide bonds. The molecule has 0 radical (unpaired) electrons. The Morgan fingerprint density at radius 2 is 2.16 bits per heavy atom. The number of hydrogen-bond acceptors (Lipinski definition) is 4. The molecule has 1 fully saturated rings. The molecular formula is C14H13N3O2. The third-order valence-corrected chi connectivity index (χ3v) is 3.49. The molecule has 5 heteroatoms. The molecule has 0 aromatic heterocycles. The van der Waals surface area contributed by atoms with Crippen LogP contribution >= 0.6 is 0 Å². The van der Waals surface area contributed by atoms with Gasteiger partial charge in [-0.05, 0) is 31.0 Å². The Bertz CT molecular complexity index is 599. The number of carbonyl (C=O) groups is 2. The number of benzene rings is 1. The fourth-order valence-corrected chi connectivity index (χ4v) is 2.39. The van der Waals surface area contributed by atoms with Crippen LogP contribution in [0, 0.1) is 11.3 Å². The number of nitriles is 1. The second-order valence-electron chi connectivity index (χ2n) is 4.85. The van der Waals surface area contributed by atoms with Crippen molar-refractivity contribution in [3.63, 3.8) is 0 Å². The van der Waals surface area contributed by atoms with Gasteiger partial charge in [-0.15, -0.1) is 0 Å². The maximum absolute atomic E-state index is 11.5. The fraction of sp³-hybridized carbons (Fsp3) is 0.357. The van der Waals surface area contributed by atoms with Crippen LogP contribution in [-0.4, -0.2) is 24.3 Å². The van der Waals surface area contributed by atoms with Crippen molar-refractivity contribution in [1.82, 2.24) is 0 Å². The van der Waals surface area contributed by atoms with Crippen molar-refractivity contribution in [2.45, 2.75) is 25.3 Å². The zero-order valence-corrected chi connectivity index (χ0v) is 10.3. The summed E-state index contributed by atoms with van der Waals surface area (Å²) >= 11 is 0. The Hall–Kier alpha value is -2.35. The van der Waals surface area contributed by atoms with Crippen LogP contribution in [0.2, 0.25) is 0 Å². The molecule has 1 aromatic carbocycles. The molecule has 19 heavy (non-hydrogen) atoms. The maximum atomic E-state index is 11.5. The number of Topliss-reactive ketones (excluding diaryl/α,β-unsaturated/α-hetero) is 1. The predicted octanol–water partition coefficient (Wildman–Crippen LogP) is 1.70. The summed E-state index contributed by atoms with van der Waals surface area (Å²) in [7, 11) is 0. The Labute approximate surface area is 110 Å². The molecule has 0 atom stereocenters. The predicted molar refractivity (Wildman–Crippen MR) is 70.0 cm³/mol. The van der Waals surface area contributed by atoms with Gasteiger partial charge in [-0.3, -0.25) is 9.59 Å². The monoisotopic (exact) mass is 255 g/mol. The van der Waals surface area contributed by atoms with E-state index in [2.05, 4.69) is 16.3 Å². The van der Waals surface area contributed by atoms with Crippen molar-refractivity contribution in [2.24, 2.45) is 0 Å². The quantitative estimate of drug-likeness (QED) is 0.831. The molecule has 5 nitrogen and oxygen atoms in total. The summed E-state index contributed by atoms with van der Waals surface area (Å²) in [5, 5.41) is 11.3. The molecule has 2 aliphatic rings. The minimum absolute atomic E-state index is 0.435. The van der Waals surface area contributed by atoms with Crippen molar-refractivity contribution in [1.29, 1.82) is 5.26 Å². The number of amides is 1. The zero-order valence-electron chi connectivity index (χ0n) is 10.3. The summed E-state index contributed by atoms with van der Waals surface area (Å²) in [6.07, 6.45) is 2.74. The van der Waals surface area contributed by atoms with E-state index in [-0.39, 0.29) is 0 Å². The highest BCUT2D eigenvalue weighted by Gasteiger charge is 2.32. The zero-order chi connectivity index (χ0) is 13.4. The Morgan fingerprint density at radius 3 is 2.84 bits per heavy atom. The normalized spacial score (nSPS) is 16.8. The van der Waals surface area contributed by atoms with Crippen molar-refractivity contribution >= 4 is 23.1 Å². The highest BCUT2D eigenvalue weighted by molar-refractivity contribution is 6.51. The molecule has 96 valence electrons. The van der Waals surface area contributed by atoms with Crippen LogP contribution in [0.25, 0.3) is 0 Å². The average Bonchev–Trinajstić information content (AvgIpc) is 3.19. The van der Waals surface area contributed by atoms with Crippen molar-refractivity contribution in [2.75, 3.05) is 16.8 Å². The second-order valence-corrected chi connectivity index (χ2v) is 4.85. The van der Waals surface area contributed by atoms with E-state index >= 15 is 0 Å². The smallest absolute Gasteiger partial charge is 0.296 e. The number of carbonyl (C=O) groups excluding carboxylic acids is 2. The summed E-state index contributed by atoms with van der Waals surface area (Å²) in [5.74, 6) is -1.04. The Balaban J connectivity index is 1.89. The molecule has 0 unspecified atom stereocenters. The first-order valence-corrected chi connectivity index (χ1v) is 6.34.